The van der Waals surface area contributed by atoms with Gasteiger partial charge in [-0.3, -0.25) is 5.10 Å². The van der Waals surface area contributed by atoms with Gasteiger partial charge < -0.3 is 5.73 Å². The van der Waals surface area contributed by atoms with Gasteiger partial charge in [-0.1, -0.05) is 30.3 Å². The molecule has 2 aromatic heterocycles. The standard InChI is InChI=1S/C12H13N5/c1-8-10(7-13)17-12(14-8)15-11(16-17)9-5-3-2-4-6-9/h2-6H,7,13H2,1H3,(H,14,15,16). The highest BCUT2D eigenvalue weighted by Crippen LogP contribution is 2.17. The molecule has 3 aromatic rings. The highest BCUT2D eigenvalue weighted by atomic mass is 15.3. The fraction of sp³-hybridized carbons (Fsp3) is 0.167. The van der Waals surface area contributed by atoms with Crippen molar-refractivity contribution in [1.82, 2.24) is 19.6 Å². The summed E-state index contributed by atoms with van der Waals surface area (Å²) in [5.74, 6) is 1.48. The number of H-pyrrole nitrogens is 1. The number of nitrogens with zero attached hydrogens (tertiary/aromatic N) is 3. The Balaban J connectivity index is 2.18. The minimum Gasteiger partial charge on any atom is -0.325 e. The summed E-state index contributed by atoms with van der Waals surface area (Å²) in [6.45, 7) is 2.39. The van der Waals surface area contributed by atoms with Crippen LogP contribution >= 0.6 is 0 Å². The highest BCUT2D eigenvalue weighted by molar-refractivity contribution is 5.57. The number of aryl methyl sites for hydroxylation is 1. The first-order valence-corrected chi connectivity index (χ1v) is 5.49. The molecule has 86 valence electrons. The van der Waals surface area contributed by atoms with Gasteiger partial charge in [0.25, 0.3) is 5.78 Å². The number of hydrogen-bond donors (Lipinski definition) is 2. The molecule has 0 atom stereocenters. The summed E-state index contributed by atoms with van der Waals surface area (Å²) in [5.41, 5.74) is 8.63. The number of nitrogens with one attached hydrogen (secondary N) is 1. The molecule has 17 heavy (non-hydrogen) atoms. The van der Waals surface area contributed by atoms with Crippen LogP contribution in [0.3, 0.4) is 0 Å². The Kier molecular flexibility index (Phi) is 2.19. The van der Waals surface area contributed by atoms with Gasteiger partial charge in [-0.2, -0.15) is 4.98 Å². The lowest BCUT2D eigenvalue weighted by Crippen LogP contribution is -2.03. The average molecular weight is 227 g/mol. The maximum absolute atomic E-state index is 5.70. The van der Waals surface area contributed by atoms with Crippen molar-refractivity contribution in [2.45, 2.75) is 13.5 Å². The molecule has 1 aromatic carbocycles. The lowest BCUT2D eigenvalue weighted by molar-refractivity contribution is 0.859. The summed E-state index contributed by atoms with van der Waals surface area (Å²) in [5, 5.41) is 3.22. The van der Waals surface area contributed by atoms with E-state index in [0.29, 0.717) is 12.3 Å². The molecule has 3 N–H and O–H groups in total. The Morgan fingerprint density at radius 1 is 1.24 bits per heavy atom. The molecule has 0 saturated carbocycles. The van der Waals surface area contributed by atoms with Crippen LogP contribution in [-0.2, 0) is 6.54 Å². The Labute approximate surface area is 98.3 Å². The fourth-order valence-corrected chi connectivity index (χ4v) is 1.93. The van der Waals surface area contributed by atoms with Gasteiger partial charge in [0.05, 0.1) is 11.4 Å². The number of fused-ring (bicyclic) bond motifs is 1. The van der Waals surface area contributed by atoms with Crippen LogP contribution in [0.25, 0.3) is 17.2 Å². The number of imidazole rings is 1. The second-order valence-electron chi connectivity index (χ2n) is 3.92. The van der Waals surface area contributed by atoms with E-state index in [-0.39, 0.29) is 0 Å². The van der Waals surface area contributed by atoms with Gasteiger partial charge in [-0.15, -0.1) is 0 Å². The number of nitrogens with two attached hydrogens (primary N) is 1. The molecule has 5 heteroatoms. The summed E-state index contributed by atoms with van der Waals surface area (Å²) >= 11 is 0. The first-order valence-electron chi connectivity index (χ1n) is 5.49. The lowest BCUT2D eigenvalue weighted by Gasteiger charge is -1.96. The number of benzene rings is 1. The van der Waals surface area contributed by atoms with Crippen LogP contribution in [0, 0.1) is 6.92 Å². The van der Waals surface area contributed by atoms with Gasteiger partial charge in [-0.05, 0) is 6.92 Å². The maximum Gasteiger partial charge on any atom is 0.251 e. The zero-order valence-corrected chi connectivity index (χ0v) is 9.51. The van der Waals surface area contributed by atoms with Crippen LogP contribution in [0.2, 0.25) is 0 Å². The van der Waals surface area contributed by atoms with Crippen molar-refractivity contribution < 1.29 is 0 Å². The van der Waals surface area contributed by atoms with Crippen molar-refractivity contribution >= 4 is 5.78 Å². The zero-order valence-electron chi connectivity index (χ0n) is 9.51. The molecule has 0 aliphatic rings. The smallest absolute Gasteiger partial charge is 0.251 e. The normalized spacial score (nSPS) is 11.2. The summed E-state index contributed by atoms with van der Waals surface area (Å²) in [6.07, 6.45) is 0. The molecule has 0 bridgehead atoms. The maximum atomic E-state index is 5.70. The van der Waals surface area contributed by atoms with Crippen LogP contribution in [-0.4, -0.2) is 19.6 Å². The summed E-state index contributed by atoms with van der Waals surface area (Å²) < 4.78 is 1.84. The van der Waals surface area contributed by atoms with Crippen molar-refractivity contribution in [3.63, 3.8) is 0 Å². The molecule has 0 fully saturated rings. The van der Waals surface area contributed by atoms with Crippen molar-refractivity contribution in [2.24, 2.45) is 5.73 Å². The molecular formula is C12H13N5. The SMILES string of the molecule is Cc1nc2nc(-c3ccccc3)[nH]n2c1CN. The molecule has 0 aliphatic carbocycles. The second kappa shape index (κ2) is 3.71. The van der Waals surface area contributed by atoms with Crippen molar-refractivity contribution in [3.8, 4) is 11.4 Å². The predicted molar refractivity (Wildman–Crippen MR) is 65.4 cm³/mol. The third-order valence-electron chi connectivity index (χ3n) is 2.83. The molecule has 2 heterocycles. The van der Waals surface area contributed by atoms with Crippen LogP contribution < -0.4 is 5.73 Å². The number of rotatable bonds is 2. The molecule has 0 saturated heterocycles. The molecule has 3 rings (SSSR count). The molecule has 0 spiro atoms. The third kappa shape index (κ3) is 1.52. The highest BCUT2D eigenvalue weighted by Gasteiger charge is 2.12. The van der Waals surface area contributed by atoms with Crippen LogP contribution in [0.15, 0.2) is 30.3 Å². The fourth-order valence-electron chi connectivity index (χ4n) is 1.93. The average Bonchev–Trinajstić information content (AvgIpc) is 2.86. The Morgan fingerprint density at radius 3 is 2.71 bits per heavy atom. The van der Waals surface area contributed by atoms with E-state index in [0.717, 1.165) is 22.8 Å². The summed E-state index contributed by atoms with van der Waals surface area (Å²) in [7, 11) is 0. The monoisotopic (exact) mass is 227 g/mol. The van der Waals surface area contributed by atoms with Crippen LogP contribution in [0.1, 0.15) is 11.4 Å². The Bertz CT molecular complexity index is 650. The lowest BCUT2D eigenvalue weighted by atomic mass is 10.2. The third-order valence-corrected chi connectivity index (χ3v) is 2.83. The molecular weight excluding hydrogens is 214 g/mol. The van der Waals surface area contributed by atoms with Crippen LogP contribution in [0.5, 0.6) is 0 Å². The van der Waals surface area contributed by atoms with Gasteiger partial charge >= 0.3 is 0 Å². The molecule has 0 amide bonds. The molecule has 0 aliphatic heterocycles. The van der Waals surface area contributed by atoms with E-state index in [1.807, 2.05) is 41.8 Å². The second-order valence-corrected chi connectivity index (χ2v) is 3.92. The van der Waals surface area contributed by atoms with E-state index >= 15 is 0 Å². The molecule has 0 radical (unpaired) electrons. The number of aromatic amines is 1. The zero-order chi connectivity index (χ0) is 11.8. The van der Waals surface area contributed by atoms with Crippen LogP contribution in [0.4, 0.5) is 0 Å². The first-order chi connectivity index (χ1) is 8.29. The van der Waals surface area contributed by atoms with Crippen molar-refractivity contribution in [1.29, 1.82) is 0 Å². The summed E-state index contributed by atoms with van der Waals surface area (Å²) in [6, 6.07) is 9.96. The van der Waals surface area contributed by atoms with Crippen molar-refractivity contribution in [2.75, 3.05) is 0 Å². The van der Waals surface area contributed by atoms with E-state index in [1.54, 1.807) is 0 Å². The Hall–Kier alpha value is -2.14. The van der Waals surface area contributed by atoms with Gasteiger partial charge in [0.15, 0.2) is 5.82 Å². The van der Waals surface area contributed by atoms with Gasteiger partial charge in [0.1, 0.15) is 0 Å². The van der Waals surface area contributed by atoms with Gasteiger partial charge in [-0.25, -0.2) is 9.50 Å². The quantitative estimate of drug-likeness (QED) is 0.696. The molecule has 5 nitrogen and oxygen atoms in total. The van der Waals surface area contributed by atoms with E-state index in [4.69, 9.17) is 5.73 Å². The topological polar surface area (TPSA) is 72.0 Å². The Morgan fingerprint density at radius 2 is 2.00 bits per heavy atom. The van der Waals surface area contributed by atoms with Crippen molar-refractivity contribution in [3.05, 3.63) is 41.7 Å². The predicted octanol–water partition coefficient (Wildman–Crippen LogP) is 1.49. The minimum atomic E-state index is 0.448. The molecule has 0 unspecified atom stereocenters. The first kappa shape index (κ1) is 10.0. The minimum absolute atomic E-state index is 0.448. The van der Waals surface area contributed by atoms with E-state index in [1.165, 1.54) is 0 Å². The van der Waals surface area contributed by atoms with E-state index in [9.17, 15) is 0 Å². The van der Waals surface area contributed by atoms with Gasteiger partial charge in [0.2, 0.25) is 0 Å². The van der Waals surface area contributed by atoms with E-state index < -0.39 is 0 Å². The number of hydrogen-bond acceptors (Lipinski definition) is 3. The number of aromatic nitrogens is 4. The van der Waals surface area contributed by atoms with E-state index in [2.05, 4.69) is 15.1 Å². The van der Waals surface area contributed by atoms with Gasteiger partial charge in [0, 0.05) is 12.1 Å². The summed E-state index contributed by atoms with van der Waals surface area (Å²) in [4.78, 5) is 8.82. The largest absolute Gasteiger partial charge is 0.325 e.